The Morgan fingerprint density at radius 2 is 2.10 bits per heavy atom. The zero-order chi connectivity index (χ0) is 13.9. The first-order valence-corrected chi connectivity index (χ1v) is 5.95. The smallest absolute Gasteiger partial charge is 0.274 e. The summed E-state index contributed by atoms with van der Waals surface area (Å²) >= 11 is 0. The zero-order valence-electron chi connectivity index (χ0n) is 10.4. The third-order valence-electron chi connectivity index (χ3n) is 2.86. The highest BCUT2D eigenvalue weighted by atomic mass is 16.7. The SMILES string of the molecule is O=[N+]([O-])c1ccnc(NCc2ccc3c(c2)OCO3)c1. The van der Waals surface area contributed by atoms with E-state index in [-0.39, 0.29) is 12.5 Å². The quantitative estimate of drug-likeness (QED) is 0.679. The minimum atomic E-state index is -0.451. The van der Waals surface area contributed by atoms with Crippen LogP contribution in [0.15, 0.2) is 36.5 Å². The fourth-order valence-corrected chi connectivity index (χ4v) is 1.87. The van der Waals surface area contributed by atoms with Crippen molar-refractivity contribution in [3.8, 4) is 11.5 Å². The predicted octanol–water partition coefficient (Wildman–Crippen LogP) is 2.33. The van der Waals surface area contributed by atoms with Crippen LogP contribution in [0.25, 0.3) is 0 Å². The number of aromatic nitrogens is 1. The fraction of sp³-hybridized carbons (Fsp3) is 0.154. The maximum absolute atomic E-state index is 10.7. The minimum absolute atomic E-state index is 0.00758. The molecule has 0 saturated carbocycles. The molecule has 0 fully saturated rings. The molecule has 1 N–H and O–H groups in total. The maximum Gasteiger partial charge on any atom is 0.274 e. The monoisotopic (exact) mass is 273 g/mol. The summed E-state index contributed by atoms with van der Waals surface area (Å²) in [7, 11) is 0. The van der Waals surface area contributed by atoms with Gasteiger partial charge in [0, 0.05) is 18.8 Å². The molecular formula is C13H11N3O4. The van der Waals surface area contributed by atoms with Gasteiger partial charge in [0.2, 0.25) is 6.79 Å². The fourth-order valence-electron chi connectivity index (χ4n) is 1.87. The number of hydrogen-bond acceptors (Lipinski definition) is 6. The first-order valence-electron chi connectivity index (χ1n) is 5.95. The Kier molecular flexibility index (Phi) is 3.08. The Morgan fingerprint density at radius 3 is 2.95 bits per heavy atom. The second-order valence-corrected chi connectivity index (χ2v) is 4.20. The predicted molar refractivity (Wildman–Crippen MR) is 70.8 cm³/mol. The molecule has 2 heterocycles. The molecule has 0 spiro atoms. The molecule has 0 amide bonds. The molecule has 0 bridgehead atoms. The molecule has 1 aromatic carbocycles. The second-order valence-electron chi connectivity index (χ2n) is 4.20. The van der Waals surface area contributed by atoms with Crippen molar-refractivity contribution in [2.24, 2.45) is 0 Å². The van der Waals surface area contributed by atoms with Crippen molar-refractivity contribution in [3.63, 3.8) is 0 Å². The third-order valence-corrected chi connectivity index (χ3v) is 2.86. The van der Waals surface area contributed by atoms with Crippen LogP contribution in [0, 0.1) is 10.1 Å². The van der Waals surface area contributed by atoms with E-state index in [1.807, 2.05) is 18.2 Å². The summed E-state index contributed by atoms with van der Waals surface area (Å²) in [5.74, 6) is 1.88. The summed E-state index contributed by atoms with van der Waals surface area (Å²) in [6, 6.07) is 8.35. The van der Waals surface area contributed by atoms with Crippen molar-refractivity contribution >= 4 is 11.5 Å². The Morgan fingerprint density at radius 1 is 1.25 bits per heavy atom. The summed E-state index contributed by atoms with van der Waals surface area (Å²) < 4.78 is 10.5. The molecule has 2 aromatic rings. The number of rotatable bonds is 4. The van der Waals surface area contributed by atoms with Crippen molar-refractivity contribution in [1.29, 1.82) is 0 Å². The lowest BCUT2D eigenvalue weighted by atomic mass is 10.2. The van der Waals surface area contributed by atoms with Crippen molar-refractivity contribution in [1.82, 2.24) is 4.98 Å². The van der Waals surface area contributed by atoms with Crippen LogP contribution in [0.3, 0.4) is 0 Å². The van der Waals surface area contributed by atoms with Gasteiger partial charge in [-0.1, -0.05) is 6.07 Å². The van der Waals surface area contributed by atoms with E-state index in [0.717, 1.165) is 11.3 Å². The summed E-state index contributed by atoms with van der Waals surface area (Å²) in [6.45, 7) is 0.726. The highest BCUT2D eigenvalue weighted by Gasteiger charge is 2.13. The van der Waals surface area contributed by atoms with Gasteiger partial charge in [-0.15, -0.1) is 0 Å². The van der Waals surface area contributed by atoms with Gasteiger partial charge >= 0.3 is 0 Å². The lowest BCUT2D eigenvalue weighted by molar-refractivity contribution is -0.384. The highest BCUT2D eigenvalue weighted by Crippen LogP contribution is 2.32. The number of nitrogens with one attached hydrogen (secondary N) is 1. The number of anilines is 1. The molecule has 3 rings (SSSR count). The lowest BCUT2D eigenvalue weighted by Crippen LogP contribution is -2.01. The molecule has 0 saturated heterocycles. The van der Waals surface area contributed by atoms with Crippen LogP contribution < -0.4 is 14.8 Å². The van der Waals surface area contributed by atoms with Crippen molar-refractivity contribution in [3.05, 3.63) is 52.2 Å². The average Bonchev–Trinajstić information content (AvgIpc) is 2.93. The van der Waals surface area contributed by atoms with E-state index in [9.17, 15) is 10.1 Å². The first-order chi connectivity index (χ1) is 9.72. The van der Waals surface area contributed by atoms with Gasteiger partial charge in [-0.05, 0) is 17.7 Å². The summed E-state index contributed by atoms with van der Waals surface area (Å²) in [6.07, 6.45) is 1.40. The summed E-state index contributed by atoms with van der Waals surface area (Å²) in [4.78, 5) is 14.3. The third kappa shape index (κ3) is 2.46. The Hall–Kier alpha value is -2.83. The van der Waals surface area contributed by atoms with E-state index in [4.69, 9.17) is 9.47 Å². The highest BCUT2D eigenvalue weighted by molar-refractivity contribution is 5.47. The van der Waals surface area contributed by atoms with E-state index >= 15 is 0 Å². The van der Waals surface area contributed by atoms with Crippen LogP contribution in [0.4, 0.5) is 11.5 Å². The van der Waals surface area contributed by atoms with E-state index in [1.54, 1.807) is 0 Å². The summed E-state index contributed by atoms with van der Waals surface area (Å²) in [5, 5.41) is 13.7. The van der Waals surface area contributed by atoms with Crippen LogP contribution in [0.2, 0.25) is 0 Å². The summed E-state index contributed by atoms with van der Waals surface area (Å²) in [5.41, 5.74) is 0.982. The second kappa shape index (κ2) is 5.04. The minimum Gasteiger partial charge on any atom is -0.454 e. The Labute approximate surface area is 114 Å². The number of fused-ring (bicyclic) bond motifs is 1. The van der Waals surface area contributed by atoms with Crippen LogP contribution in [0.1, 0.15) is 5.56 Å². The van der Waals surface area contributed by atoms with Crippen molar-refractivity contribution < 1.29 is 14.4 Å². The molecule has 0 radical (unpaired) electrons. The number of ether oxygens (including phenoxy) is 2. The van der Waals surface area contributed by atoms with E-state index in [2.05, 4.69) is 10.3 Å². The molecule has 0 aliphatic carbocycles. The average molecular weight is 273 g/mol. The molecule has 7 nitrogen and oxygen atoms in total. The number of hydrogen-bond donors (Lipinski definition) is 1. The van der Waals surface area contributed by atoms with Crippen LogP contribution in [-0.2, 0) is 6.54 Å². The van der Waals surface area contributed by atoms with Crippen LogP contribution >= 0.6 is 0 Å². The van der Waals surface area contributed by atoms with Gasteiger partial charge in [-0.3, -0.25) is 10.1 Å². The zero-order valence-corrected chi connectivity index (χ0v) is 10.4. The molecular weight excluding hydrogens is 262 g/mol. The van der Waals surface area contributed by atoms with Crippen molar-refractivity contribution in [2.75, 3.05) is 12.1 Å². The molecule has 102 valence electrons. The number of nitrogens with zero attached hydrogens (tertiary/aromatic N) is 2. The lowest BCUT2D eigenvalue weighted by Gasteiger charge is -2.06. The van der Waals surface area contributed by atoms with Crippen LogP contribution in [0.5, 0.6) is 11.5 Å². The van der Waals surface area contributed by atoms with Gasteiger partial charge in [0.15, 0.2) is 11.5 Å². The first kappa shape index (κ1) is 12.2. The van der Waals surface area contributed by atoms with E-state index < -0.39 is 4.92 Å². The molecule has 0 atom stereocenters. The molecule has 1 aromatic heterocycles. The largest absolute Gasteiger partial charge is 0.454 e. The molecule has 1 aliphatic rings. The molecule has 7 heteroatoms. The maximum atomic E-state index is 10.7. The van der Waals surface area contributed by atoms with Gasteiger partial charge in [0.05, 0.1) is 11.0 Å². The number of nitro groups is 1. The normalized spacial score (nSPS) is 12.2. The topological polar surface area (TPSA) is 86.5 Å². The molecule has 20 heavy (non-hydrogen) atoms. The standard InChI is InChI=1S/C13H11N3O4/c17-16(18)10-3-4-14-13(6-10)15-7-9-1-2-11-12(5-9)20-8-19-11/h1-6H,7-8H2,(H,14,15). The molecule has 1 aliphatic heterocycles. The number of benzene rings is 1. The Balaban J connectivity index is 1.70. The van der Waals surface area contributed by atoms with E-state index in [1.165, 1.54) is 18.3 Å². The van der Waals surface area contributed by atoms with Crippen molar-refractivity contribution in [2.45, 2.75) is 6.54 Å². The van der Waals surface area contributed by atoms with Gasteiger partial charge in [0.25, 0.3) is 5.69 Å². The van der Waals surface area contributed by atoms with Gasteiger partial charge in [-0.2, -0.15) is 0 Å². The Bertz CT molecular complexity index is 660. The van der Waals surface area contributed by atoms with E-state index in [0.29, 0.717) is 18.1 Å². The number of pyridine rings is 1. The van der Waals surface area contributed by atoms with Gasteiger partial charge < -0.3 is 14.8 Å². The van der Waals surface area contributed by atoms with Crippen LogP contribution in [-0.4, -0.2) is 16.7 Å². The molecule has 0 unspecified atom stereocenters. The van der Waals surface area contributed by atoms with Gasteiger partial charge in [0.1, 0.15) is 5.82 Å². The van der Waals surface area contributed by atoms with Gasteiger partial charge in [-0.25, -0.2) is 4.98 Å².